The van der Waals surface area contributed by atoms with E-state index in [0.717, 1.165) is 12.0 Å². The summed E-state index contributed by atoms with van der Waals surface area (Å²) in [6, 6.07) is 18.8. The second kappa shape index (κ2) is 7.18. The van der Waals surface area contributed by atoms with Crippen LogP contribution in [-0.2, 0) is 16.3 Å². The van der Waals surface area contributed by atoms with Gasteiger partial charge in [0, 0.05) is 18.2 Å². The molecule has 1 saturated heterocycles. The predicted octanol–water partition coefficient (Wildman–Crippen LogP) is 2.56. The molecule has 126 valence electrons. The highest BCUT2D eigenvalue weighted by Crippen LogP contribution is 2.20. The summed E-state index contributed by atoms with van der Waals surface area (Å²) in [6.45, 7) is 0.526. The van der Waals surface area contributed by atoms with Gasteiger partial charge in [0.05, 0.1) is 11.5 Å². The Morgan fingerprint density at radius 1 is 1.00 bits per heavy atom. The standard InChI is InChI=1S/C19H21NO3S/c21-19(17-9-5-2-6-10-17)20(18-12-14-24(22,23)15-18)13-11-16-7-3-1-4-8-16/h1-10,18H,11-15H2. The molecule has 0 N–H and O–H groups in total. The van der Waals surface area contributed by atoms with Gasteiger partial charge in [0.2, 0.25) is 0 Å². The summed E-state index contributed by atoms with van der Waals surface area (Å²) in [6.07, 6.45) is 1.24. The Morgan fingerprint density at radius 2 is 1.62 bits per heavy atom. The fourth-order valence-corrected chi connectivity index (χ4v) is 4.84. The first kappa shape index (κ1) is 16.7. The number of benzene rings is 2. The van der Waals surface area contributed by atoms with Crippen molar-refractivity contribution in [1.29, 1.82) is 0 Å². The van der Waals surface area contributed by atoms with Gasteiger partial charge < -0.3 is 4.90 Å². The van der Waals surface area contributed by atoms with Gasteiger partial charge in [-0.2, -0.15) is 0 Å². The lowest BCUT2D eigenvalue weighted by Crippen LogP contribution is -2.42. The number of hydrogen-bond donors (Lipinski definition) is 0. The third kappa shape index (κ3) is 4.03. The van der Waals surface area contributed by atoms with Crippen molar-refractivity contribution >= 4 is 15.7 Å². The average Bonchev–Trinajstić information content (AvgIpc) is 2.96. The van der Waals surface area contributed by atoms with E-state index in [4.69, 9.17) is 0 Å². The summed E-state index contributed by atoms with van der Waals surface area (Å²) in [7, 11) is -3.03. The maximum Gasteiger partial charge on any atom is 0.254 e. The first-order chi connectivity index (χ1) is 11.6. The van der Waals surface area contributed by atoms with Crippen molar-refractivity contribution in [3.8, 4) is 0 Å². The molecule has 1 aliphatic rings. The average molecular weight is 343 g/mol. The van der Waals surface area contributed by atoms with Crippen molar-refractivity contribution in [2.75, 3.05) is 18.1 Å². The summed E-state index contributed by atoms with van der Waals surface area (Å²) in [4.78, 5) is 14.6. The van der Waals surface area contributed by atoms with Crippen molar-refractivity contribution < 1.29 is 13.2 Å². The second-order valence-electron chi connectivity index (χ2n) is 6.16. The van der Waals surface area contributed by atoms with Crippen molar-refractivity contribution in [1.82, 2.24) is 4.90 Å². The number of rotatable bonds is 5. The number of carbonyl (C=O) groups is 1. The third-order valence-corrected chi connectivity index (χ3v) is 6.17. The summed E-state index contributed by atoms with van der Waals surface area (Å²) < 4.78 is 23.7. The molecule has 1 aliphatic heterocycles. The van der Waals surface area contributed by atoms with Crippen LogP contribution in [0.15, 0.2) is 60.7 Å². The highest BCUT2D eigenvalue weighted by molar-refractivity contribution is 7.91. The van der Waals surface area contributed by atoms with Crippen molar-refractivity contribution in [3.05, 3.63) is 71.8 Å². The molecule has 1 amide bonds. The Balaban J connectivity index is 1.79. The summed E-state index contributed by atoms with van der Waals surface area (Å²) >= 11 is 0. The van der Waals surface area contributed by atoms with E-state index >= 15 is 0 Å². The molecule has 2 aromatic carbocycles. The molecular formula is C19H21NO3S. The zero-order chi connectivity index (χ0) is 17.0. The van der Waals surface area contributed by atoms with Crippen LogP contribution in [0.25, 0.3) is 0 Å². The molecule has 1 heterocycles. The van der Waals surface area contributed by atoms with Crippen LogP contribution in [0.2, 0.25) is 0 Å². The van der Waals surface area contributed by atoms with Crippen LogP contribution in [-0.4, -0.2) is 43.3 Å². The molecule has 0 radical (unpaired) electrons. The topological polar surface area (TPSA) is 54.5 Å². The Hall–Kier alpha value is -2.14. The van der Waals surface area contributed by atoms with E-state index in [1.54, 1.807) is 17.0 Å². The van der Waals surface area contributed by atoms with Crippen molar-refractivity contribution in [2.45, 2.75) is 18.9 Å². The number of sulfone groups is 1. The van der Waals surface area contributed by atoms with Crippen LogP contribution in [0.4, 0.5) is 0 Å². The second-order valence-corrected chi connectivity index (χ2v) is 8.39. The molecular weight excluding hydrogens is 322 g/mol. The first-order valence-electron chi connectivity index (χ1n) is 8.15. The minimum absolute atomic E-state index is 0.0698. The normalized spacial score (nSPS) is 19.1. The number of hydrogen-bond acceptors (Lipinski definition) is 3. The van der Waals surface area contributed by atoms with Crippen molar-refractivity contribution in [2.24, 2.45) is 0 Å². The van der Waals surface area contributed by atoms with Gasteiger partial charge in [-0.15, -0.1) is 0 Å². The van der Waals surface area contributed by atoms with Gasteiger partial charge in [-0.25, -0.2) is 8.42 Å². The van der Waals surface area contributed by atoms with Gasteiger partial charge >= 0.3 is 0 Å². The minimum atomic E-state index is -3.03. The van der Waals surface area contributed by atoms with Crippen LogP contribution in [0.1, 0.15) is 22.3 Å². The molecule has 2 aromatic rings. The highest BCUT2D eigenvalue weighted by atomic mass is 32.2. The molecule has 3 rings (SSSR count). The van der Waals surface area contributed by atoms with Gasteiger partial charge in [-0.3, -0.25) is 4.79 Å². The van der Waals surface area contributed by atoms with Crippen LogP contribution in [0.3, 0.4) is 0 Å². The van der Waals surface area contributed by atoms with Crippen LogP contribution < -0.4 is 0 Å². The molecule has 4 nitrogen and oxygen atoms in total. The molecule has 0 aromatic heterocycles. The quantitative estimate of drug-likeness (QED) is 0.838. The Bertz CT molecular complexity index is 788. The Labute approximate surface area is 143 Å². The smallest absolute Gasteiger partial charge is 0.254 e. The van der Waals surface area contributed by atoms with Gasteiger partial charge in [0.25, 0.3) is 5.91 Å². The largest absolute Gasteiger partial charge is 0.334 e. The molecule has 1 atom stereocenters. The van der Waals surface area contributed by atoms with E-state index in [-0.39, 0.29) is 23.5 Å². The third-order valence-electron chi connectivity index (χ3n) is 4.41. The van der Waals surface area contributed by atoms with Crippen LogP contribution >= 0.6 is 0 Å². The molecule has 0 saturated carbocycles. The zero-order valence-corrected chi connectivity index (χ0v) is 14.3. The lowest BCUT2D eigenvalue weighted by atomic mass is 10.1. The number of carbonyl (C=O) groups excluding carboxylic acids is 1. The molecule has 0 bridgehead atoms. The Morgan fingerprint density at radius 3 is 2.21 bits per heavy atom. The molecule has 1 fully saturated rings. The highest BCUT2D eigenvalue weighted by Gasteiger charge is 2.34. The molecule has 0 spiro atoms. The SMILES string of the molecule is O=C(c1ccccc1)N(CCc1ccccc1)C1CCS(=O)(=O)C1. The van der Waals surface area contributed by atoms with Gasteiger partial charge in [0.1, 0.15) is 0 Å². The maximum absolute atomic E-state index is 12.9. The molecule has 1 unspecified atom stereocenters. The van der Waals surface area contributed by atoms with E-state index in [1.165, 1.54) is 0 Å². The fourth-order valence-electron chi connectivity index (χ4n) is 3.11. The van der Waals surface area contributed by atoms with E-state index in [2.05, 4.69) is 0 Å². The summed E-state index contributed by atoms with van der Waals surface area (Å²) in [5.74, 6) is 0.149. The first-order valence-corrected chi connectivity index (χ1v) is 9.98. The number of nitrogens with zero attached hydrogens (tertiary/aromatic N) is 1. The molecule has 5 heteroatoms. The zero-order valence-electron chi connectivity index (χ0n) is 13.5. The minimum Gasteiger partial charge on any atom is -0.334 e. The van der Waals surface area contributed by atoms with Gasteiger partial charge in [-0.1, -0.05) is 48.5 Å². The van der Waals surface area contributed by atoms with E-state index in [1.807, 2.05) is 48.5 Å². The summed E-state index contributed by atoms with van der Waals surface area (Å²) in [5.41, 5.74) is 1.75. The lowest BCUT2D eigenvalue weighted by molar-refractivity contribution is 0.0699. The van der Waals surface area contributed by atoms with Crippen molar-refractivity contribution in [3.63, 3.8) is 0 Å². The maximum atomic E-state index is 12.9. The fraction of sp³-hybridized carbons (Fsp3) is 0.316. The predicted molar refractivity (Wildman–Crippen MR) is 94.7 cm³/mol. The molecule has 24 heavy (non-hydrogen) atoms. The monoisotopic (exact) mass is 343 g/mol. The van der Waals surface area contributed by atoms with Crippen LogP contribution in [0, 0.1) is 0 Å². The number of amides is 1. The van der Waals surface area contributed by atoms with E-state index in [0.29, 0.717) is 18.5 Å². The Kier molecular flexibility index (Phi) is 5.00. The van der Waals surface area contributed by atoms with Crippen LogP contribution in [0.5, 0.6) is 0 Å². The lowest BCUT2D eigenvalue weighted by Gasteiger charge is -2.28. The molecule has 0 aliphatic carbocycles. The summed E-state index contributed by atoms with van der Waals surface area (Å²) in [5, 5.41) is 0. The van der Waals surface area contributed by atoms with Gasteiger partial charge in [0.15, 0.2) is 9.84 Å². The van der Waals surface area contributed by atoms with E-state index < -0.39 is 9.84 Å². The van der Waals surface area contributed by atoms with Gasteiger partial charge in [-0.05, 0) is 30.5 Å². The van der Waals surface area contributed by atoms with E-state index in [9.17, 15) is 13.2 Å².